The van der Waals surface area contributed by atoms with E-state index in [1.807, 2.05) is 26.2 Å². The minimum absolute atomic E-state index is 0.225. The molecule has 1 heterocycles. The highest BCUT2D eigenvalue weighted by Crippen LogP contribution is 2.42. The molecule has 0 aliphatic heterocycles. The molecule has 0 N–H and O–H groups in total. The van der Waals surface area contributed by atoms with E-state index in [1.54, 1.807) is 18.4 Å². The fourth-order valence-corrected chi connectivity index (χ4v) is 4.04. The van der Waals surface area contributed by atoms with Crippen molar-refractivity contribution in [1.29, 1.82) is 0 Å². The number of rotatable bonds is 5. The number of hydrogen-bond acceptors (Lipinski definition) is 5. The minimum Gasteiger partial charge on any atom is -0.465 e. The Morgan fingerprint density at radius 2 is 2.05 bits per heavy atom. The van der Waals surface area contributed by atoms with Crippen LogP contribution in [0.25, 0.3) is 0 Å². The minimum atomic E-state index is -0.714. The first kappa shape index (κ1) is 16.4. The van der Waals surface area contributed by atoms with Crippen molar-refractivity contribution >= 4 is 17.3 Å². The molecular weight excluding hydrogens is 286 g/mol. The third-order valence-electron chi connectivity index (χ3n) is 4.37. The molecule has 1 aromatic heterocycles. The SMILES string of the molecule is CCOC(=O)C(C)(C)c1csc(C2(OC)CCCCC2)n1. The van der Waals surface area contributed by atoms with E-state index in [2.05, 4.69) is 0 Å². The van der Waals surface area contributed by atoms with Crippen molar-refractivity contribution in [2.45, 2.75) is 63.9 Å². The first-order valence-corrected chi connectivity index (χ1v) is 8.53. The molecule has 0 unspecified atom stereocenters. The van der Waals surface area contributed by atoms with Crippen LogP contribution in [0.3, 0.4) is 0 Å². The van der Waals surface area contributed by atoms with E-state index in [9.17, 15) is 4.79 Å². The van der Waals surface area contributed by atoms with Gasteiger partial charge < -0.3 is 9.47 Å². The molecule has 21 heavy (non-hydrogen) atoms. The molecule has 1 saturated carbocycles. The molecule has 5 heteroatoms. The molecule has 0 radical (unpaired) electrons. The second kappa shape index (κ2) is 6.44. The summed E-state index contributed by atoms with van der Waals surface area (Å²) >= 11 is 1.60. The predicted molar refractivity (Wildman–Crippen MR) is 83.5 cm³/mol. The van der Waals surface area contributed by atoms with Gasteiger partial charge >= 0.3 is 5.97 Å². The Balaban J connectivity index is 2.26. The van der Waals surface area contributed by atoms with Gasteiger partial charge in [-0.1, -0.05) is 19.3 Å². The van der Waals surface area contributed by atoms with Gasteiger partial charge in [0.25, 0.3) is 0 Å². The van der Waals surface area contributed by atoms with Crippen LogP contribution < -0.4 is 0 Å². The summed E-state index contributed by atoms with van der Waals surface area (Å²) in [5.74, 6) is -0.225. The van der Waals surface area contributed by atoms with Gasteiger partial charge in [-0.3, -0.25) is 4.79 Å². The van der Waals surface area contributed by atoms with Gasteiger partial charge in [0.2, 0.25) is 0 Å². The van der Waals surface area contributed by atoms with Crippen molar-refractivity contribution < 1.29 is 14.3 Å². The second-order valence-corrected chi connectivity index (χ2v) is 7.00. The van der Waals surface area contributed by atoms with Crippen molar-refractivity contribution in [2.75, 3.05) is 13.7 Å². The van der Waals surface area contributed by atoms with Crippen LogP contribution in [-0.4, -0.2) is 24.7 Å². The van der Waals surface area contributed by atoms with E-state index < -0.39 is 5.41 Å². The van der Waals surface area contributed by atoms with Gasteiger partial charge in [0.1, 0.15) is 16.0 Å². The molecule has 1 aliphatic carbocycles. The average molecular weight is 311 g/mol. The molecule has 0 bridgehead atoms. The van der Waals surface area contributed by atoms with Crippen LogP contribution in [0.5, 0.6) is 0 Å². The highest BCUT2D eigenvalue weighted by molar-refractivity contribution is 7.09. The maximum Gasteiger partial charge on any atom is 0.317 e. The van der Waals surface area contributed by atoms with Gasteiger partial charge in [-0.2, -0.15) is 0 Å². The quantitative estimate of drug-likeness (QED) is 0.776. The molecule has 1 fully saturated rings. The van der Waals surface area contributed by atoms with Crippen molar-refractivity contribution in [3.8, 4) is 0 Å². The third kappa shape index (κ3) is 3.14. The molecule has 1 aliphatic rings. The Hall–Kier alpha value is -0.940. The number of aromatic nitrogens is 1. The fourth-order valence-electron chi connectivity index (χ4n) is 2.81. The fraction of sp³-hybridized carbons (Fsp3) is 0.750. The largest absolute Gasteiger partial charge is 0.465 e. The number of nitrogens with zero attached hydrogens (tertiary/aromatic N) is 1. The topological polar surface area (TPSA) is 48.4 Å². The molecule has 0 amide bonds. The molecule has 4 nitrogen and oxygen atoms in total. The zero-order chi connectivity index (χ0) is 15.5. The van der Waals surface area contributed by atoms with E-state index in [1.165, 1.54) is 19.3 Å². The lowest BCUT2D eigenvalue weighted by molar-refractivity contribution is -0.148. The van der Waals surface area contributed by atoms with Crippen LogP contribution in [0, 0.1) is 0 Å². The van der Waals surface area contributed by atoms with E-state index >= 15 is 0 Å². The Morgan fingerprint density at radius 3 is 2.62 bits per heavy atom. The van der Waals surface area contributed by atoms with E-state index in [0.29, 0.717) is 6.61 Å². The molecule has 0 saturated heterocycles. The summed E-state index contributed by atoms with van der Waals surface area (Å²) < 4.78 is 11.0. The van der Waals surface area contributed by atoms with Crippen LogP contribution in [0.1, 0.15) is 63.6 Å². The van der Waals surface area contributed by atoms with E-state index in [0.717, 1.165) is 23.5 Å². The Bertz CT molecular complexity index is 489. The number of methoxy groups -OCH3 is 1. The van der Waals surface area contributed by atoms with Crippen LogP contribution in [-0.2, 0) is 25.3 Å². The van der Waals surface area contributed by atoms with E-state index in [-0.39, 0.29) is 11.6 Å². The first-order valence-electron chi connectivity index (χ1n) is 7.65. The summed E-state index contributed by atoms with van der Waals surface area (Å²) in [6.07, 6.45) is 5.62. The van der Waals surface area contributed by atoms with Gasteiger partial charge in [-0.05, 0) is 33.6 Å². The normalized spacial score (nSPS) is 18.5. The predicted octanol–water partition coefficient (Wildman–Crippen LogP) is 3.79. The number of hydrogen-bond donors (Lipinski definition) is 0. The summed E-state index contributed by atoms with van der Waals surface area (Å²) in [4.78, 5) is 16.9. The van der Waals surface area contributed by atoms with Crippen molar-refractivity contribution in [2.24, 2.45) is 0 Å². The summed E-state index contributed by atoms with van der Waals surface area (Å²) in [5, 5.41) is 2.97. The molecule has 0 spiro atoms. The lowest BCUT2D eigenvalue weighted by atomic mass is 9.85. The van der Waals surface area contributed by atoms with Crippen LogP contribution >= 0.6 is 11.3 Å². The molecule has 0 atom stereocenters. The van der Waals surface area contributed by atoms with Crippen molar-refractivity contribution in [3.05, 3.63) is 16.1 Å². The number of carbonyl (C=O) groups is 1. The van der Waals surface area contributed by atoms with Gasteiger partial charge in [-0.15, -0.1) is 11.3 Å². The smallest absolute Gasteiger partial charge is 0.317 e. The van der Waals surface area contributed by atoms with Gasteiger partial charge in [0, 0.05) is 12.5 Å². The first-order chi connectivity index (χ1) is 9.96. The Morgan fingerprint density at radius 1 is 1.38 bits per heavy atom. The van der Waals surface area contributed by atoms with Crippen molar-refractivity contribution in [1.82, 2.24) is 4.98 Å². The van der Waals surface area contributed by atoms with Crippen molar-refractivity contribution in [3.63, 3.8) is 0 Å². The maximum absolute atomic E-state index is 12.1. The Kier molecular flexibility index (Phi) is 5.04. The Labute approximate surface area is 130 Å². The van der Waals surface area contributed by atoms with Crippen LogP contribution in [0.2, 0.25) is 0 Å². The average Bonchev–Trinajstić information content (AvgIpc) is 2.99. The highest BCUT2D eigenvalue weighted by atomic mass is 32.1. The van der Waals surface area contributed by atoms with E-state index in [4.69, 9.17) is 14.5 Å². The van der Waals surface area contributed by atoms with Gasteiger partial charge in [-0.25, -0.2) is 4.98 Å². The summed E-state index contributed by atoms with van der Waals surface area (Å²) in [6.45, 7) is 5.94. The number of ether oxygens (including phenoxy) is 2. The maximum atomic E-state index is 12.1. The molecular formula is C16H25NO3S. The summed E-state index contributed by atoms with van der Waals surface area (Å²) in [7, 11) is 1.77. The zero-order valence-corrected chi connectivity index (χ0v) is 14.2. The molecule has 1 aromatic rings. The lowest BCUT2D eigenvalue weighted by Crippen LogP contribution is -2.33. The standard InChI is InChI=1S/C16H25NO3S/c1-5-20-14(18)15(2,3)12-11-21-13(17-12)16(19-4)9-7-6-8-10-16/h11H,5-10H2,1-4H3. The zero-order valence-electron chi connectivity index (χ0n) is 13.4. The summed E-state index contributed by atoms with van der Waals surface area (Å²) in [5.41, 5.74) is -0.191. The van der Waals surface area contributed by atoms with Crippen LogP contribution in [0.4, 0.5) is 0 Å². The molecule has 0 aromatic carbocycles. The third-order valence-corrected chi connectivity index (χ3v) is 5.40. The second-order valence-electron chi connectivity index (χ2n) is 6.14. The number of thiazole rings is 1. The monoisotopic (exact) mass is 311 g/mol. The number of carbonyl (C=O) groups excluding carboxylic acids is 1. The highest BCUT2D eigenvalue weighted by Gasteiger charge is 2.40. The molecule has 2 rings (SSSR count). The molecule has 118 valence electrons. The van der Waals surface area contributed by atoms with Crippen LogP contribution in [0.15, 0.2) is 5.38 Å². The van der Waals surface area contributed by atoms with Gasteiger partial charge in [0.05, 0.1) is 12.3 Å². The number of esters is 1. The lowest BCUT2D eigenvalue weighted by Gasteiger charge is -2.34. The summed E-state index contributed by atoms with van der Waals surface area (Å²) in [6, 6.07) is 0. The van der Waals surface area contributed by atoms with Gasteiger partial charge in [0.15, 0.2) is 0 Å².